The summed E-state index contributed by atoms with van der Waals surface area (Å²) in [7, 11) is 0. The third-order valence-electron chi connectivity index (χ3n) is 2.48. The molecule has 0 bridgehead atoms. The first kappa shape index (κ1) is 17.2. The lowest BCUT2D eigenvalue weighted by atomic mass is 10.2. The second kappa shape index (κ2) is 5.19. The van der Waals surface area contributed by atoms with E-state index < -0.39 is 42.4 Å². The van der Waals surface area contributed by atoms with Crippen LogP contribution in [0.3, 0.4) is 0 Å². The van der Waals surface area contributed by atoms with Crippen molar-refractivity contribution in [3.8, 4) is 0 Å². The predicted molar refractivity (Wildman–Crippen MR) is 53.5 cm³/mol. The van der Waals surface area contributed by atoms with Gasteiger partial charge in [0, 0.05) is 13.8 Å². The lowest BCUT2D eigenvalue weighted by Gasteiger charge is -2.19. The summed E-state index contributed by atoms with van der Waals surface area (Å²) in [6.45, 7) is 2.81. The minimum Gasteiger partial charge on any atom is -0.424 e. The summed E-state index contributed by atoms with van der Waals surface area (Å²) in [5.74, 6) is -5.77. The second-order valence-corrected chi connectivity index (χ2v) is 4.47. The van der Waals surface area contributed by atoms with Gasteiger partial charge < -0.3 is 18.9 Å². The molecule has 2 heterocycles. The molecule has 0 aromatic heterocycles. The number of carbonyl (C=O) groups is 2. The van der Waals surface area contributed by atoms with Crippen LogP contribution in [0.4, 0.5) is 31.5 Å². The Bertz CT molecular complexity index is 432. The van der Waals surface area contributed by atoms with E-state index in [0.29, 0.717) is 0 Å². The van der Waals surface area contributed by atoms with Crippen LogP contribution in [-0.2, 0) is 18.9 Å². The van der Waals surface area contributed by atoms with E-state index in [0.717, 1.165) is 6.92 Å². The molecule has 0 saturated carbocycles. The van der Waals surface area contributed by atoms with E-state index in [9.17, 15) is 31.5 Å². The summed E-state index contributed by atoms with van der Waals surface area (Å²) < 4.78 is 77.1. The van der Waals surface area contributed by atoms with E-state index in [1.165, 1.54) is 6.92 Å². The van der Waals surface area contributed by atoms with Gasteiger partial charge in [0.15, 0.2) is 6.10 Å². The van der Waals surface area contributed by atoms with Gasteiger partial charge in [-0.05, 0) is 6.92 Å². The number of hydrogen-bond acceptors (Lipinski definition) is 6. The van der Waals surface area contributed by atoms with Crippen molar-refractivity contribution >= 4 is 12.3 Å². The minimum absolute atomic E-state index is 0.216. The average molecular weight is 322 g/mol. The van der Waals surface area contributed by atoms with E-state index in [1.54, 1.807) is 0 Å². The van der Waals surface area contributed by atoms with Gasteiger partial charge in [0.05, 0.1) is 0 Å². The lowest BCUT2D eigenvalue weighted by Crippen LogP contribution is -2.43. The Morgan fingerprint density at radius 2 is 1.52 bits per heavy atom. The average Bonchev–Trinajstić information content (AvgIpc) is 2.62. The van der Waals surface area contributed by atoms with Crippen molar-refractivity contribution in [1.29, 1.82) is 0 Å². The molecule has 0 aromatic carbocycles. The molecule has 0 N–H and O–H groups in total. The van der Waals surface area contributed by atoms with E-state index in [4.69, 9.17) is 0 Å². The Hall–Kier alpha value is -1.81. The maximum atomic E-state index is 12.7. The van der Waals surface area contributed by atoms with E-state index >= 15 is 0 Å². The highest BCUT2D eigenvalue weighted by molar-refractivity contribution is 5.63. The molecule has 21 heavy (non-hydrogen) atoms. The first-order valence-corrected chi connectivity index (χ1v) is 5.49. The SMILES string of the molecule is CC(F)(F)C1OC(=O)OC1(F)F.CC1OC(=O)OC1(C)F. The predicted octanol–water partition coefficient (Wildman–Crippen LogP) is 3.00. The highest BCUT2D eigenvalue weighted by Crippen LogP contribution is 2.39. The van der Waals surface area contributed by atoms with Crippen LogP contribution >= 0.6 is 0 Å². The Balaban J connectivity index is 0.000000219. The molecule has 122 valence electrons. The van der Waals surface area contributed by atoms with Gasteiger partial charge in [-0.1, -0.05) is 0 Å². The number of alkyl halides is 5. The van der Waals surface area contributed by atoms with Crippen LogP contribution in [0.15, 0.2) is 0 Å². The Labute approximate surface area is 115 Å². The van der Waals surface area contributed by atoms with Gasteiger partial charge in [0.25, 0.3) is 17.9 Å². The van der Waals surface area contributed by atoms with E-state index in [1.807, 2.05) is 0 Å². The molecule has 0 aromatic rings. The normalized spacial score (nSPS) is 34.1. The van der Waals surface area contributed by atoms with Crippen molar-refractivity contribution < 1.29 is 50.5 Å². The van der Waals surface area contributed by atoms with Crippen molar-refractivity contribution in [1.82, 2.24) is 0 Å². The van der Waals surface area contributed by atoms with Gasteiger partial charge in [-0.2, -0.15) is 13.2 Å². The van der Waals surface area contributed by atoms with Gasteiger partial charge in [-0.3, -0.25) is 0 Å². The van der Waals surface area contributed by atoms with Crippen molar-refractivity contribution in [2.24, 2.45) is 0 Å². The largest absolute Gasteiger partial charge is 0.513 e. The zero-order valence-corrected chi connectivity index (χ0v) is 11.0. The Morgan fingerprint density at radius 1 is 1.05 bits per heavy atom. The zero-order chi connectivity index (χ0) is 16.6. The molecule has 11 heteroatoms. The highest BCUT2D eigenvalue weighted by atomic mass is 19.3. The Morgan fingerprint density at radius 3 is 1.67 bits per heavy atom. The standard InChI is InChI=1S/C5H4F4O3.C5H7FO3/c1-4(6,7)2-5(8,9)12-3(10)11-2;1-3-5(2,6)9-4(7)8-3/h2H,1H3;3H,1-2H3. The minimum atomic E-state index is -4.25. The fraction of sp³-hybridized carbons (Fsp3) is 0.800. The number of ether oxygens (including phenoxy) is 4. The van der Waals surface area contributed by atoms with Crippen LogP contribution in [0, 0.1) is 0 Å². The quantitative estimate of drug-likeness (QED) is 0.546. The van der Waals surface area contributed by atoms with Crippen molar-refractivity contribution in [3.63, 3.8) is 0 Å². The van der Waals surface area contributed by atoms with Crippen molar-refractivity contribution in [2.75, 3.05) is 0 Å². The topological polar surface area (TPSA) is 71.1 Å². The van der Waals surface area contributed by atoms with Crippen LogP contribution < -0.4 is 0 Å². The molecular formula is C10H11F5O6. The summed E-state index contributed by atoms with van der Waals surface area (Å²) in [5, 5.41) is 0. The van der Waals surface area contributed by atoms with Crippen LogP contribution in [-0.4, -0.2) is 42.4 Å². The van der Waals surface area contributed by atoms with Crippen molar-refractivity contribution in [2.45, 2.75) is 50.9 Å². The van der Waals surface area contributed by atoms with Crippen molar-refractivity contribution in [3.05, 3.63) is 0 Å². The first-order chi connectivity index (χ1) is 9.25. The smallest absolute Gasteiger partial charge is 0.424 e. The fourth-order valence-corrected chi connectivity index (χ4v) is 1.27. The summed E-state index contributed by atoms with van der Waals surface area (Å²) in [5.41, 5.74) is 0. The highest BCUT2D eigenvalue weighted by Gasteiger charge is 2.63. The molecule has 0 amide bonds. The van der Waals surface area contributed by atoms with Crippen LogP contribution in [0.5, 0.6) is 0 Å². The first-order valence-electron chi connectivity index (χ1n) is 5.49. The summed E-state index contributed by atoms with van der Waals surface area (Å²) in [6, 6.07) is 0. The molecule has 2 saturated heterocycles. The van der Waals surface area contributed by atoms with Gasteiger partial charge in [0.1, 0.15) is 0 Å². The number of hydrogen-bond donors (Lipinski definition) is 0. The maximum absolute atomic E-state index is 12.7. The van der Waals surface area contributed by atoms with E-state index in [2.05, 4.69) is 18.9 Å². The third-order valence-corrected chi connectivity index (χ3v) is 2.48. The molecule has 2 aliphatic heterocycles. The molecule has 3 atom stereocenters. The number of halogens is 5. The molecule has 0 aliphatic carbocycles. The molecule has 2 aliphatic rings. The van der Waals surface area contributed by atoms with Crippen LogP contribution in [0.25, 0.3) is 0 Å². The number of rotatable bonds is 1. The molecule has 3 unspecified atom stereocenters. The van der Waals surface area contributed by atoms with Gasteiger partial charge in [-0.15, -0.1) is 0 Å². The zero-order valence-electron chi connectivity index (χ0n) is 11.0. The molecule has 0 radical (unpaired) electrons. The monoisotopic (exact) mass is 322 g/mol. The summed E-state index contributed by atoms with van der Waals surface area (Å²) in [4.78, 5) is 20.2. The summed E-state index contributed by atoms with van der Waals surface area (Å²) in [6.07, 6.45) is -10.6. The fourth-order valence-electron chi connectivity index (χ4n) is 1.27. The molecular weight excluding hydrogens is 311 g/mol. The third kappa shape index (κ3) is 4.08. The second-order valence-electron chi connectivity index (χ2n) is 4.47. The summed E-state index contributed by atoms with van der Waals surface area (Å²) >= 11 is 0. The lowest BCUT2D eigenvalue weighted by molar-refractivity contribution is -0.246. The molecule has 0 spiro atoms. The van der Waals surface area contributed by atoms with Gasteiger partial charge in [-0.25, -0.2) is 18.4 Å². The van der Waals surface area contributed by atoms with Gasteiger partial charge in [0.2, 0.25) is 0 Å². The van der Waals surface area contributed by atoms with Crippen LogP contribution in [0.2, 0.25) is 0 Å². The number of carbonyl (C=O) groups excluding carboxylic acids is 2. The van der Waals surface area contributed by atoms with E-state index in [-0.39, 0.29) is 6.92 Å². The molecule has 6 nitrogen and oxygen atoms in total. The molecule has 2 fully saturated rings. The number of cyclic esters (lactones) is 4. The Kier molecular flexibility index (Phi) is 4.26. The maximum Gasteiger partial charge on any atom is 0.513 e. The molecule has 2 rings (SSSR count). The van der Waals surface area contributed by atoms with Crippen LogP contribution in [0.1, 0.15) is 20.8 Å². The van der Waals surface area contributed by atoms with Gasteiger partial charge >= 0.3 is 18.4 Å².